The molecule has 1 aromatic heterocycles. The highest BCUT2D eigenvalue weighted by Crippen LogP contribution is 2.37. The molecule has 1 aromatic carbocycles. The third kappa shape index (κ3) is 4.33. The molecule has 2 aromatic rings. The number of nitrogens with one attached hydrogen (secondary N) is 1. The second-order valence-electron chi connectivity index (χ2n) is 6.39. The fourth-order valence-corrected chi connectivity index (χ4v) is 2.82. The van der Waals surface area contributed by atoms with E-state index in [9.17, 15) is 9.18 Å². The van der Waals surface area contributed by atoms with Crippen LogP contribution in [0.1, 0.15) is 42.9 Å². The number of nitrogens with zero attached hydrogens (tertiary/aromatic N) is 4. The Morgan fingerprint density at radius 3 is 2.62 bits per heavy atom. The Morgan fingerprint density at radius 2 is 2.04 bits per heavy atom. The predicted molar refractivity (Wildman–Crippen MR) is 94.5 cm³/mol. The molecule has 1 aliphatic heterocycles. The summed E-state index contributed by atoms with van der Waals surface area (Å²) >= 11 is 0. The lowest BCUT2D eigenvalue weighted by Gasteiger charge is -2.18. The van der Waals surface area contributed by atoms with Gasteiger partial charge < -0.3 is 5.32 Å². The minimum atomic E-state index is -0.483. The van der Waals surface area contributed by atoms with Crippen LogP contribution in [0.3, 0.4) is 0 Å². The van der Waals surface area contributed by atoms with Crippen LogP contribution < -0.4 is 5.32 Å². The summed E-state index contributed by atoms with van der Waals surface area (Å²) < 4.78 is 14.9. The standard InChI is InChI=1S/C19H20FN5O/c1-3-4-10-19(23-24-19)11-9-17(26)22-18(15-12-21-25(2)13-15)14-5-7-16(20)8-6-14/h1,5-8,12-13,18H,4,9-11H2,2H3,(H,22,26). The van der Waals surface area contributed by atoms with E-state index in [-0.39, 0.29) is 18.1 Å². The lowest BCUT2D eigenvalue weighted by molar-refractivity contribution is -0.121. The van der Waals surface area contributed by atoms with Crippen molar-refractivity contribution in [3.8, 4) is 12.3 Å². The van der Waals surface area contributed by atoms with E-state index in [1.165, 1.54) is 12.1 Å². The lowest BCUT2D eigenvalue weighted by Crippen LogP contribution is -2.30. The number of carbonyl (C=O) groups is 1. The van der Waals surface area contributed by atoms with E-state index in [2.05, 4.69) is 26.6 Å². The number of amides is 1. The van der Waals surface area contributed by atoms with Crippen molar-refractivity contribution in [2.75, 3.05) is 0 Å². The number of terminal acetylenes is 1. The van der Waals surface area contributed by atoms with Crippen molar-refractivity contribution in [1.29, 1.82) is 0 Å². The number of carbonyl (C=O) groups excluding carboxylic acids is 1. The van der Waals surface area contributed by atoms with Crippen LogP contribution in [-0.4, -0.2) is 21.4 Å². The fraction of sp³-hybridized carbons (Fsp3) is 0.368. The quantitative estimate of drug-likeness (QED) is 0.741. The van der Waals surface area contributed by atoms with E-state index in [1.807, 2.05) is 6.20 Å². The SMILES string of the molecule is C#CCCC1(CCC(=O)NC(c2ccc(F)cc2)c2cnn(C)c2)N=N1. The number of aromatic nitrogens is 2. The molecule has 134 valence electrons. The van der Waals surface area contributed by atoms with E-state index in [0.717, 1.165) is 11.1 Å². The first kappa shape index (κ1) is 17.8. The summed E-state index contributed by atoms with van der Waals surface area (Å²) in [5.74, 6) is 2.13. The largest absolute Gasteiger partial charge is 0.345 e. The van der Waals surface area contributed by atoms with E-state index in [0.29, 0.717) is 19.3 Å². The van der Waals surface area contributed by atoms with Gasteiger partial charge in [0.05, 0.1) is 12.2 Å². The molecule has 1 aliphatic rings. The van der Waals surface area contributed by atoms with Gasteiger partial charge in [0.1, 0.15) is 5.82 Å². The maximum atomic E-state index is 13.2. The maximum Gasteiger partial charge on any atom is 0.220 e. The maximum absolute atomic E-state index is 13.2. The fourth-order valence-electron chi connectivity index (χ4n) is 2.82. The Hall–Kier alpha value is -3.01. The smallest absolute Gasteiger partial charge is 0.220 e. The molecule has 1 amide bonds. The Morgan fingerprint density at radius 1 is 1.31 bits per heavy atom. The molecule has 3 rings (SSSR count). The van der Waals surface area contributed by atoms with Crippen LogP contribution >= 0.6 is 0 Å². The molecule has 0 saturated heterocycles. The number of rotatable bonds is 8. The zero-order chi connectivity index (χ0) is 18.6. The van der Waals surface area contributed by atoms with Crippen molar-refractivity contribution in [2.45, 2.75) is 37.4 Å². The molecule has 7 heteroatoms. The van der Waals surface area contributed by atoms with Gasteiger partial charge in [-0.3, -0.25) is 9.48 Å². The van der Waals surface area contributed by atoms with Gasteiger partial charge >= 0.3 is 0 Å². The molecular formula is C19H20FN5O. The summed E-state index contributed by atoms with van der Waals surface area (Å²) in [6.07, 6.45) is 10.9. The zero-order valence-corrected chi connectivity index (χ0v) is 14.5. The van der Waals surface area contributed by atoms with Crippen molar-refractivity contribution in [2.24, 2.45) is 17.3 Å². The van der Waals surface area contributed by atoms with Crippen LogP contribution in [0.2, 0.25) is 0 Å². The van der Waals surface area contributed by atoms with Crippen LogP contribution in [0.25, 0.3) is 0 Å². The number of hydrogen-bond acceptors (Lipinski definition) is 4. The van der Waals surface area contributed by atoms with Crippen molar-refractivity contribution >= 4 is 5.91 Å². The van der Waals surface area contributed by atoms with E-state index in [4.69, 9.17) is 6.42 Å². The summed E-state index contributed by atoms with van der Waals surface area (Å²) in [5, 5.41) is 15.3. The Kier molecular flexibility index (Phi) is 5.12. The van der Waals surface area contributed by atoms with Gasteiger partial charge in [-0.25, -0.2) is 4.39 Å². The van der Waals surface area contributed by atoms with Gasteiger partial charge in [0.2, 0.25) is 5.91 Å². The first-order valence-corrected chi connectivity index (χ1v) is 8.42. The lowest BCUT2D eigenvalue weighted by atomic mass is 9.99. The number of aryl methyl sites for hydroxylation is 1. The highest BCUT2D eigenvalue weighted by atomic mass is 19.1. The van der Waals surface area contributed by atoms with Gasteiger partial charge in [0.25, 0.3) is 0 Å². The molecule has 1 unspecified atom stereocenters. The molecule has 0 spiro atoms. The molecule has 0 radical (unpaired) electrons. The molecule has 1 N–H and O–H groups in total. The van der Waals surface area contributed by atoms with Crippen LogP contribution in [-0.2, 0) is 11.8 Å². The summed E-state index contributed by atoms with van der Waals surface area (Å²) in [7, 11) is 1.80. The monoisotopic (exact) mass is 353 g/mol. The predicted octanol–water partition coefficient (Wildman–Crippen LogP) is 3.12. The van der Waals surface area contributed by atoms with E-state index in [1.54, 1.807) is 30.1 Å². The average Bonchev–Trinajstić information content (AvgIpc) is 3.29. The molecular weight excluding hydrogens is 333 g/mol. The van der Waals surface area contributed by atoms with Gasteiger partial charge in [-0.15, -0.1) is 12.3 Å². The average molecular weight is 353 g/mol. The Balaban J connectivity index is 1.67. The van der Waals surface area contributed by atoms with Crippen molar-refractivity contribution < 1.29 is 9.18 Å². The Labute approximate surface area is 151 Å². The second-order valence-corrected chi connectivity index (χ2v) is 6.39. The molecule has 0 aliphatic carbocycles. The van der Waals surface area contributed by atoms with Crippen molar-refractivity contribution in [1.82, 2.24) is 15.1 Å². The van der Waals surface area contributed by atoms with Gasteiger partial charge in [-0.2, -0.15) is 15.3 Å². The van der Waals surface area contributed by atoms with Gasteiger partial charge in [0.15, 0.2) is 5.66 Å². The molecule has 0 saturated carbocycles. The van der Waals surface area contributed by atoms with Crippen molar-refractivity contribution in [3.05, 3.63) is 53.6 Å². The normalized spacial score (nSPS) is 15.3. The Bertz CT molecular complexity index is 844. The molecule has 0 fully saturated rings. The molecule has 6 nitrogen and oxygen atoms in total. The second kappa shape index (κ2) is 7.48. The topological polar surface area (TPSA) is 71.6 Å². The van der Waals surface area contributed by atoms with E-state index >= 15 is 0 Å². The van der Waals surface area contributed by atoms with Gasteiger partial charge in [0, 0.05) is 44.5 Å². The van der Waals surface area contributed by atoms with E-state index < -0.39 is 11.7 Å². The summed E-state index contributed by atoms with van der Waals surface area (Å²) in [6.45, 7) is 0. The molecule has 26 heavy (non-hydrogen) atoms. The van der Waals surface area contributed by atoms with Gasteiger partial charge in [-0.05, 0) is 17.7 Å². The minimum absolute atomic E-state index is 0.124. The van der Waals surface area contributed by atoms with Crippen LogP contribution in [0, 0.1) is 18.2 Å². The minimum Gasteiger partial charge on any atom is -0.345 e. The highest BCUT2D eigenvalue weighted by Gasteiger charge is 2.39. The van der Waals surface area contributed by atoms with Crippen molar-refractivity contribution in [3.63, 3.8) is 0 Å². The third-order valence-electron chi connectivity index (χ3n) is 4.37. The van der Waals surface area contributed by atoms with Crippen LogP contribution in [0.5, 0.6) is 0 Å². The summed E-state index contributed by atoms with van der Waals surface area (Å²) in [6, 6.07) is 5.68. The summed E-state index contributed by atoms with van der Waals surface area (Å²) in [4.78, 5) is 12.5. The van der Waals surface area contributed by atoms with Crippen LogP contribution in [0.4, 0.5) is 4.39 Å². The third-order valence-corrected chi connectivity index (χ3v) is 4.37. The molecule has 1 atom stereocenters. The first-order chi connectivity index (χ1) is 12.5. The highest BCUT2D eigenvalue weighted by molar-refractivity contribution is 5.77. The zero-order valence-electron chi connectivity index (χ0n) is 14.5. The van der Waals surface area contributed by atoms with Crippen LogP contribution in [0.15, 0.2) is 46.9 Å². The summed E-state index contributed by atoms with van der Waals surface area (Å²) in [5.41, 5.74) is 1.13. The first-order valence-electron chi connectivity index (χ1n) is 8.42. The molecule has 2 heterocycles. The van der Waals surface area contributed by atoms with Gasteiger partial charge in [-0.1, -0.05) is 12.1 Å². The molecule has 0 bridgehead atoms. The number of benzene rings is 1. The number of halogens is 1. The number of hydrogen-bond donors (Lipinski definition) is 1.